The average Bonchev–Trinajstić information content (AvgIpc) is 2.09. The van der Waals surface area contributed by atoms with E-state index in [4.69, 9.17) is 9.47 Å². The molecule has 0 spiro atoms. The molecule has 0 aliphatic heterocycles. The van der Waals surface area contributed by atoms with E-state index in [1.807, 2.05) is 13.8 Å². The summed E-state index contributed by atoms with van der Waals surface area (Å²) in [6.07, 6.45) is 0.393. The standard InChI is InChI=1S/C11H18O4/c1-6-10(14-8(4)12)11(7(2)3)15-9(5)13/h6-7,10-11H,1H2,2-5H3. The zero-order valence-corrected chi connectivity index (χ0v) is 9.65. The quantitative estimate of drug-likeness (QED) is 0.516. The number of carbonyl (C=O) groups excluding carboxylic acids is 2. The van der Waals surface area contributed by atoms with Crippen LogP contribution in [-0.2, 0) is 19.1 Å². The molecule has 4 heteroatoms. The Bertz CT molecular complexity index is 245. The molecule has 0 aromatic carbocycles. The summed E-state index contributed by atoms with van der Waals surface area (Å²) in [4.78, 5) is 21.7. The molecule has 2 unspecified atom stereocenters. The molecule has 0 aliphatic rings. The zero-order chi connectivity index (χ0) is 12.0. The Balaban J connectivity index is 4.61. The van der Waals surface area contributed by atoms with Crippen molar-refractivity contribution >= 4 is 11.9 Å². The highest BCUT2D eigenvalue weighted by Crippen LogP contribution is 2.15. The predicted molar refractivity (Wildman–Crippen MR) is 56.1 cm³/mol. The Morgan fingerprint density at radius 1 is 1.13 bits per heavy atom. The number of hydrogen-bond donors (Lipinski definition) is 0. The third-order valence-corrected chi connectivity index (χ3v) is 1.82. The maximum Gasteiger partial charge on any atom is 0.303 e. The maximum absolute atomic E-state index is 10.9. The van der Waals surface area contributed by atoms with Crippen molar-refractivity contribution in [2.75, 3.05) is 0 Å². The first-order valence-corrected chi connectivity index (χ1v) is 4.85. The molecule has 0 bridgehead atoms. The summed E-state index contributed by atoms with van der Waals surface area (Å²) in [5.74, 6) is -0.762. The summed E-state index contributed by atoms with van der Waals surface area (Å²) in [5.41, 5.74) is 0. The molecule has 0 saturated heterocycles. The van der Waals surface area contributed by atoms with Gasteiger partial charge in [-0.05, 0) is 12.0 Å². The van der Waals surface area contributed by atoms with Gasteiger partial charge >= 0.3 is 11.9 Å². The minimum atomic E-state index is -0.591. The van der Waals surface area contributed by atoms with E-state index < -0.39 is 24.1 Å². The second kappa shape index (κ2) is 6.22. The number of esters is 2. The van der Waals surface area contributed by atoms with E-state index >= 15 is 0 Å². The van der Waals surface area contributed by atoms with Crippen LogP contribution in [0.25, 0.3) is 0 Å². The molecule has 15 heavy (non-hydrogen) atoms. The minimum Gasteiger partial charge on any atom is -0.458 e. The van der Waals surface area contributed by atoms with Crippen LogP contribution in [0.1, 0.15) is 27.7 Å². The van der Waals surface area contributed by atoms with Crippen LogP contribution in [0, 0.1) is 5.92 Å². The van der Waals surface area contributed by atoms with Crippen molar-refractivity contribution in [2.45, 2.75) is 39.9 Å². The lowest BCUT2D eigenvalue weighted by Gasteiger charge is -2.26. The molecule has 86 valence electrons. The minimum absolute atomic E-state index is 0.0521. The second-order valence-corrected chi connectivity index (χ2v) is 3.63. The Kier molecular flexibility index (Phi) is 5.67. The van der Waals surface area contributed by atoms with Gasteiger partial charge in [0.05, 0.1) is 0 Å². The molecule has 0 saturated carbocycles. The molecule has 0 aromatic rings. The molecule has 0 heterocycles. The molecule has 0 rings (SSSR count). The Hall–Kier alpha value is -1.32. The van der Waals surface area contributed by atoms with Crippen molar-refractivity contribution in [2.24, 2.45) is 5.92 Å². The van der Waals surface area contributed by atoms with Crippen LogP contribution in [0.4, 0.5) is 0 Å². The summed E-state index contributed by atoms with van der Waals surface area (Å²) in [5, 5.41) is 0. The van der Waals surface area contributed by atoms with Crippen molar-refractivity contribution < 1.29 is 19.1 Å². The van der Waals surface area contributed by atoms with Crippen molar-refractivity contribution in [1.82, 2.24) is 0 Å². The fraction of sp³-hybridized carbons (Fsp3) is 0.636. The number of ether oxygens (including phenoxy) is 2. The van der Waals surface area contributed by atoms with Crippen LogP contribution in [0.5, 0.6) is 0 Å². The van der Waals surface area contributed by atoms with Crippen molar-refractivity contribution in [3.8, 4) is 0 Å². The second-order valence-electron chi connectivity index (χ2n) is 3.63. The van der Waals surface area contributed by atoms with E-state index in [1.165, 1.54) is 19.9 Å². The largest absolute Gasteiger partial charge is 0.458 e. The lowest BCUT2D eigenvalue weighted by atomic mass is 10.0. The smallest absolute Gasteiger partial charge is 0.303 e. The topological polar surface area (TPSA) is 52.6 Å². The van der Waals surface area contributed by atoms with E-state index in [2.05, 4.69) is 6.58 Å². The van der Waals surface area contributed by atoms with Crippen LogP contribution < -0.4 is 0 Å². The van der Waals surface area contributed by atoms with Gasteiger partial charge < -0.3 is 9.47 Å². The highest BCUT2D eigenvalue weighted by atomic mass is 16.6. The number of rotatable bonds is 5. The highest BCUT2D eigenvalue weighted by Gasteiger charge is 2.27. The molecule has 0 N–H and O–H groups in total. The molecule has 4 nitrogen and oxygen atoms in total. The summed E-state index contributed by atoms with van der Waals surface area (Å²) >= 11 is 0. The Morgan fingerprint density at radius 3 is 1.87 bits per heavy atom. The van der Waals surface area contributed by atoms with Gasteiger partial charge in [0.1, 0.15) is 6.10 Å². The fourth-order valence-corrected chi connectivity index (χ4v) is 1.22. The summed E-state index contributed by atoms with van der Waals surface area (Å²) in [6.45, 7) is 9.95. The van der Waals surface area contributed by atoms with Crippen LogP contribution in [0.15, 0.2) is 12.7 Å². The normalized spacial score (nSPS) is 14.2. The zero-order valence-electron chi connectivity index (χ0n) is 9.65. The monoisotopic (exact) mass is 214 g/mol. The molecule has 0 aromatic heterocycles. The van der Waals surface area contributed by atoms with Gasteiger partial charge in [-0.1, -0.05) is 20.4 Å². The van der Waals surface area contributed by atoms with E-state index in [0.29, 0.717) is 0 Å². The summed E-state index contributed by atoms with van der Waals surface area (Å²) < 4.78 is 10.1. The van der Waals surface area contributed by atoms with Crippen LogP contribution in [-0.4, -0.2) is 24.1 Å². The van der Waals surface area contributed by atoms with Gasteiger partial charge in [0.25, 0.3) is 0 Å². The van der Waals surface area contributed by atoms with E-state index in [1.54, 1.807) is 0 Å². The van der Waals surface area contributed by atoms with Gasteiger partial charge in [-0.15, -0.1) is 0 Å². The molecule has 0 fully saturated rings. The fourth-order valence-electron chi connectivity index (χ4n) is 1.22. The number of hydrogen-bond acceptors (Lipinski definition) is 4. The predicted octanol–water partition coefficient (Wildman–Crippen LogP) is 1.69. The molecular weight excluding hydrogens is 196 g/mol. The SMILES string of the molecule is C=CC(OC(C)=O)C(OC(C)=O)C(C)C. The lowest BCUT2D eigenvalue weighted by molar-refractivity contribution is -0.164. The van der Waals surface area contributed by atoms with Gasteiger partial charge in [0.2, 0.25) is 0 Å². The van der Waals surface area contributed by atoms with Gasteiger partial charge in [-0.3, -0.25) is 9.59 Å². The Morgan fingerprint density at radius 2 is 1.60 bits per heavy atom. The molecule has 0 aliphatic carbocycles. The van der Waals surface area contributed by atoms with Gasteiger partial charge in [0, 0.05) is 13.8 Å². The molecular formula is C11H18O4. The maximum atomic E-state index is 10.9. The first-order valence-electron chi connectivity index (χ1n) is 4.85. The number of carbonyl (C=O) groups is 2. The molecule has 0 radical (unpaired) electrons. The Labute approximate surface area is 90.2 Å². The van der Waals surface area contributed by atoms with Gasteiger partial charge in [-0.2, -0.15) is 0 Å². The van der Waals surface area contributed by atoms with Gasteiger partial charge in [-0.25, -0.2) is 0 Å². The summed E-state index contributed by atoms with van der Waals surface area (Å²) in [7, 11) is 0. The first kappa shape index (κ1) is 13.7. The third kappa shape index (κ3) is 5.20. The van der Waals surface area contributed by atoms with E-state index in [0.717, 1.165) is 0 Å². The van der Waals surface area contributed by atoms with E-state index in [9.17, 15) is 9.59 Å². The molecule has 0 amide bonds. The van der Waals surface area contributed by atoms with Crippen LogP contribution in [0.3, 0.4) is 0 Å². The van der Waals surface area contributed by atoms with Gasteiger partial charge in [0.15, 0.2) is 6.10 Å². The lowest BCUT2D eigenvalue weighted by Crippen LogP contribution is -2.36. The first-order chi connectivity index (χ1) is 6.88. The average molecular weight is 214 g/mol. The van der Waals surface area contributed by atoms with Crippen LogP contribution >= 0.6 is 0 Å². The van der Waals surface area contributed by atoms with Crippen LogP contribution in [0.2, 0.25) is 0 Å². The van der Waals surface area contributed by atoms with Crippen molar-refractivity contribution in [1.29, 1.82) is 0 Å². The van der Waals surface area contributed by atoms with Crippen molar-refractivity contribution in [3.05, 3.63) is 12.7 Å². The molecule has 2 atom stereocenters. The summed E-state index contributed by atoms with van der Waals surface area (Å²) in [6, 6.07) is 0. The highest BCUT2D eigenvalue weighted by molar-refractivity contribution is 5.67. The van der Waals surface area contributed by atoms with E-state index in [-0.39, 0.29) is 5.92 Å². The van der Waals surface area contributed by atoms with Crippen molar-refractivity contribution in [3.63, 3.8) is 0 Å². The third-order valence-electron chi connectivity index (χ3n) is 1.82.